The van der Waals surface area contributed by atoms with Gasteiger partial charge in [0, 0.05) is 13.1 Å². The summed E-state index contributed by atoms with van der Waals surface area (Å²) in [6.07, 6.45) is 3.00. The third kappa shape index (κ3) is 2.91. The smallest absolute Gasteiger partial charge is 0.244 e. The fourth-order valence-corrected chi connectivity index (χ4v) is 4.82. The van der Waals surface area contributed by atoms with E-state index in [1.165, 1.54) is 16.4 Å². The summed E-state index contributed by atoms with van der Waals surface area (Å²) in [4.78, 5) is 0.0400. The van der Waals surface area contributed by atoms with Crippen molar-refractivity contribution in [2.45, 2.75) is 31.1 Å². The van der Waals surface area contributed by atoms with Crippen LogP contribution in [-0.2, 0) is 10.0 Å². The van der Waals surface area contributed by atoms with Crippen LogP contribution in [0.3, 0.4) is 0 Å². The molecule has 1 unspecified atom stereocenters. The maximum atomic E-state index is 12.6. The number of benzene rings is 1. The lowest BCUT2D eigenvalue weighted by Gasteiger charge is -2.18. The minimum atomic E-state index is -3.60. The fraction of sp³-hybridized carbons (Fsp3) is 0.538. The van der Waals surface area contributed by atoms with Crippen LogP contribution in [0.2, 0.25) is 10.0 Å². The van der Waals surface area contributed by atoms with Crippen molar-refractivity contribution in [1.29, 1.82) is 0 Å². The molecule has 1 aromatic carbocycles. The molecule has 7 heteroatoms. The topological polar surface area (TPSA) is 63.4 Å². The zero-order valence-corrected chi connectivity index (χ0v) is 13.6. The Kier molecular flexibility index (Phi) is 4.84. The van der Waals surface area contributed by atoms with Gasteiger partial charge in [0.1, 0.15) is 4.90 Å². The van der Waals surface area contributed by atoms with E-state index < -0.39 is 10.0 Å². The second-order valence-corrected chi connectivity index (χ2v) is 7.77. The molecule has 1 aromatic rings. The molecule has 1 aliphatic rings. The number of halogens is 2. The first-order valence-corrected chi connectivity index (χ1v) is 8.81. The molecule has 20 heavy (non-hydrogen) atoms. The molecule has 0 spiro atoms. The van der Waals surface area contributed by atoms with E-state index in [1.807, 2.05) is 0 Å². The monoisotopic (exact) mass is 336 g/mol. The van der Waals surface area contributed by atoms with Crippen molar-refractivity contribution in [3.05, 3.63) is 22.2 Å². The Morgan fingerprint density at radius 1 is 1.40 bits per heavy atom. The molecule has 0 bridgehead atoms. The Balaban J connectivity index is 2.30. The molecule has 0 amide bonds. The zero-order chi connectivity index (χ0) is 14.9. The Hall–Kier alpha value is -0.490. The number of rotatable bonds is 4. The first kappa shape index (κ1) is 15.9. The van der Waals surface area contributed by atoms with Crippen LogP contribution in [0.1, 0.15) is 26.2 Å². The molecule has 1 fully saturated rings. The van der Waals surface area contributed by atoms with Gasteiger partial charge in [0.25, 0.3) is 0 Å². The molecule has 0 saturated carbocycles. The van der Waals surface area contributed by atoms with Gasteiger partial charge in [-0.25, -0.2) is 8.42 Å². The van der Waals surface area contributed by atoms with E-state index in [2.05, 4.69) is 6.92 Å². The van der Waals surface area contributed by atoms with E-state index in [0.29, 0.717) is 19.0 Å². The van der Waals surface area contributed by atoms with Gasteiger partial charge >= 0.3 is 0 Å². The summed E-state index contributed by atoms with van der Waals surface area (Å²) in [5.41, 5.74) is 5.82. The van der Waals surface area contributed by atoms with Gasteiger partial charge in [-0.3, -0.25) is 0 Å². The van der Waals surface area contributed by atoms with Gasteiger partial charge < -0.3 is 5.73 Å². The zero-order valence-electron chi connectivity index (χ0n) is 11.3. The van der Waals surface area contributed by atoms with Crippen LogP contribution in [0, 0.1) is 5.92 Å². The van der Waals surface area contributed by atoms with E-state index in [1.54, 1.807) is 0 Å². The number of nitrogens with two attached hydrogens (primary N) is 1. The molecule has 112 valence electrons. The van der Waals surface area contributed by atoms with Crippen LogP contribution in [0.5, 0.6) is 0 Å². The predicted molar refractivity (Wildman–Crippen MR) is 82.6 cm³/mol. The second kappa shape index (κ2) is 6.10. The first-order valence-electron chi connectivity index (χ1n) is 6.61. The summed E-state index contributed by atoms with van der Waals surface area (Å²) in [5.74, 6) is 0.429. The maximum absolute atomic E-state index is 12.6. The number of nitrogen functional groups attached to an aromatic ring is 1. The highest BCUT2D eigenvalue weighted by molar-refractivity contribution is 7.89. The Morgan fingerprint density at radius 3 is 2.75 bits per heavy atom. The quantitative estimate of drug-likeness (QED) is 0.857. The molecule has 4 nitrogen and oxygen atoms in total. The lowest BCUT2D eigenvalue weighted by atomic mass is 10.0. The highest BCUT2D eigenvalue weighted by Crippen LogP contribution is 2.36. The van der Waals surface area contributed by atoms with Gasteiger partial charge in [-0.15, -0.1) is 0 Å². The summed E-state index contributed by atoms with van der Waals surface area (Å²) in [7, 11) is -3.60. The van der Waals surface area contributed by atoms with Crippen LogP contribution < -0.4 is 5.73 Å². The number of hydrogen-bond donors (Lipinski definition) is 1. The summed E-state index contributed by atoms with van der Waals surface area (Å²) in [5, 5.41) is 0.274. The summed E-state index contributed by atoms with van der Waals surface area (Å²) in [6, 6.07) is 2.89. The van der Waals surface area contributed by atoms with Gasteiger partial charge in [-0.2, -0.15) is 4.31 Å². The predicted octanol–water partition coefficient (Wildman–Crippen LogP) is 3.39. The molecule has 1 atom stereocenters. The molecule has 2 N–H and O–H groups in total. The summed E-state index contributed by atoms with van der Waals surface area (Å²) >= 11 is 11.9. The molecule has 0 aliphatic carbocycles. The van der Waals surface area contributed by atoms with Crippen LogP contribution >= 0.6 is 23.2 Å². The molecular formula is C13H18Cl2N2O2S. The van der Waals surface area contributed by atoms with E-state index in [-0.39, 0.29) is 20.6 Å². The van der Waals surface area contributed by atoms with Crippen molar-refractivity contribution in [2.75, 3.05) is 18.8 Å². The van der Waals surface area contributed by atoms with Crippen molar-refractivity contribution in [3.8, 4) is 0 Å². The van der Waals surface area contributed by atoms with E-state index in [4.69, 9.17) is 28.9 Å². The van der Waals surface area contributed by atoms with E-state index in [0.717, 1.165) is 19.3 Å². The normalized spacial score (nSPS) is 20.4. The molecular weight excluding hydrogens is 319 g/mol. The Morgan fingerprint density at radius 2 is 2.10 bits per heavy atom. The molecule has 1 saturated heterocycles. The minimum absolute atomic E-state index is 0.0106. The third-order valence-electron chi connectivity index (χ3n) is 3.65. The number of nitrogens with zero attached hydrogens (tertiary/aromatic N) is 1. The van der Waals surface area contributed by atoms with Crippen LogP contribution in [0.25, 0.3) is 0 Å². The summed E-state index contributed by atoms with van der Waals surface area (Å²) in [6.45, 7) is 3.19. The van der Waals surface area contributed by atoms with Gasteiger partial charge in [0.2, 0.25) is 10.0 Å². The molecule has 1 aliphatic heterocycles. The largest absolute Gasteiger partial charge is 0.396 e. The highest BCUT2D eigenvalue weighted by Gasteiger charge is 2.33. The van der Waals surface area contributed by atoms with Crippen LogP contribution in [0.4, 0.5) is 5.69 Å². The van der Waals surface area contributed by atoms with Gasteiger partial charge in [-0.1, -0.05) is 36.5 Å². The molecule has 0 radical (unpaired) electrons. The average molecular weight is 337 g/mol. The SMILES string of the molecule is CCCC1CCN(S(=O)(=O)c2ccc(Cl)c(N)c2Cl)C1. The van der Waals surface area contributed by atoms with Crippen LogP contribution in [0.15, 0.2) is 17.0 Å². The lowest BCUT2D eigenvalue weighted by Crippen LogP contribution is -2.29. The molecule has 1 heterocycles. The van der Waals surface area contributed by atoms with Crippen molar-refractivity contribution >= 4 is 38.9 Å². The number of sulfonamides is 1. The summed E-state index contributed by atoms with van der Waals surface area (Å²) < 4.78 is 26.7. The average Bonchev–Trinajstić information content (AvgIpc) is 2.85. The van der Waals surface area contributed by atoms with E-state index in [9.17, 15) is 8.42 Å². The van der Waals surface area contributed by atoms with Crippen LogP contribution in [-0.4, -0.2) is 25.8 Å². The third-order valence-corrected chi connectivity index (χ3v) is 6.41. The highest BCUT2D eigenvalue weighted by atomic mass is 35.5. The first-order chi connectivity index (χ1) is 9.37. The number of anilines is 1. The van der Waals surface area contributed by atoms with Crippen molar-refractivity contribution in [3.63, 3.8) is 0 Å². The maximum Gasteiger partial charge on any atom is 0.244 e. The van der Waals surface area contributed by atoms with Crippen molar-refractivity contribution in [1.82, 2.24) is 4.31 Å². The number of hydrogen-bond acceptors (Lipinski definition) is 3. The van der Waals surface area contributed by atoms with Gasteiger partial charge in [-0.05, 0) is 30.9 Å². The van der Waals surface area contributed by atoms with Crippen molar-refractivity contribution < 1.29 is 8.42 Å². The Labute approximate surface area is 129 Å². The molecule has 2 rings (SSSR count). The fourth-order valence-electron chi connectivity index (χ4n) is 2.55. The minimum Gasteiger partial charge on any atom is -0.396 e. The Bertz CT molecular complexity index is 605. The van der Waals surface area contributed by atoms with Gasteiger partial charge in [0.15, 0.2) is 0 Å². The second-order valence-electron chi connectivity index (χ2n) is 5.08. The van der Waals surface area contributed by atoms with Gasteiger partial charge in [0.05, 0.1) is 15.7 Å². The lowest BCUT2D eigenvalue weighted by molar-refractivity contribution is 0.444. The molecule has 0 aromatic heterocycles. The van der Waals surface area contributed by atoms with Crippen molar-refractivity contribution in [2.24, 2.45) is 5.92 Å². The standard InChI is InChI=1S/C13H18Cl2N2O2S/c1-2-3-9-6-7-17(8-9)20(18,19)11-5-4-10(14)13(16)12(11)15/h4-5,9H,2-3,6-8,16H2,1H3. The van der Waals surface area contributed by atoms with E-state index >= 15 is 0 Å².